The summed E-state index contributed by atoms with van der Waals surface area (Å²) in [5.74, 6) is 0. The molecule has 3 rings (SSSR count). The molecule has 0 saturated heterocycles. The first-order chi connectivity index (χ1) is 15.8. The van der Waals surface area contributed by atoms with Crippen LogP contribution in [0.2, 0.25) is 0 Å². The lowest BCUT2D eigenvalue weighted by Gasteiger charge is -2.08. The minimum absolute atomic E-state index is 0.177. The topological polar surface area (TPSA) is 30.0 Å². The van der Waals surface area contributed by atoms with Crippen LogP contribution in [0.25, 0.3) is 20.8 Å². The van der Waals surface area contributed by atoms with Gasteiger partial charge < -0.3 is 0 Å². The largest absolute Gasteiger partial charge is 0.290 e. The monoisotopic (exact) mass is 451 g/mol. The number of unbranched alkanes of at least 4 members (excludes halogenated alkanes) is 14. The van der Waals surface area contributed by atoms with Crippen molar-refractivity contribution < 1.29 is 0 Å². The molecule has 3 heteroatoms. The lowest BCUT2D eigenvalue weighted by atomic mass is 10.0. The van der Waals surface area contributed by atoms with Gasteiger partial charge in [-0.1, -0.05) is 109 Å². The number of aryl methyl sites for hydroxylation is 1. The molecule has 0 unspecified atom stereocenters. The molecule has 1 aliphatic heterocycles. The Morgan fingerprint density at radius 3 is 1.91 bits per heavy atom. The molecule has 0 aromatic heterocycles. The van der Waals surface area contributed by atoms with Crippen molar-refractivity contribution in [3.63, 3.8) is 0 Å². The summed E-state index contributed by atoms with van der Waals surface area (Å²) in [5.41, 5.74) is 3.09. The highest BCUT2D eigenvalue weighted by molar-refractivity contribution is 7.21. The van der Waals surface area contributed by atoms with Crippen LogP contribution in [0.3, 0.4) is 0 Å². The minimum Gasteiger partial charge on any atom is -0.290 e. The highest BCUT2D eigenvalue weighted by atomic mass is 32.1. The van der Waals surface area contributed by atoms with E-state index in [1.807, 2.05) is 24.3 Å². The molecular weight excluding hydrogens is 410 g/mol. The second kappa shape index (κ2) is 14.4. The van der Waals surface area contributed by atoms with E-state index in [9.17, 15) is 4.79 Å². The van der Waals surface area contributed by atoms with E-state index in [4.69, 9.17) is 4.98 Å². The van der Waals surface area contributed by atoms with Gasteiger partial charge in [-0.15, -0.1) is 11.3 Å². The molecule has 0 amide bonds. The Bertz CT molecular complexity index is 947. The molecule has 1 aliphatic carbocycles. The molecule has 0 atom stereocenters. The van der Waals surface area contributed by atoms with E-state index in [0.29, 0.717) is 0 Å². The summed E-state index contributed by atoms with van der Waals surface area (Å²) in [7, 11) is 0. The third-order valence-electron chi connectivity index (χ3n) is 6.52. The number of nitrogens with zero attached hydrogens (tertiary/aromatic N) is 1. The maximum atomic E-state index is 12.5. The number of benzene rings is 2. The Hall–Kier alpha value is -1.74. The highest BCUT2D eigenvalue weighted by Crippen LogP contribution is 2.30. The van der Waals surface area contributed by atoms with Crippen LogP contribution in [-0.4, -0.2) is 4.98 Å². The van der Waals surface area contributed by atoms with E-state index in [0.717, 1.165) is 39.2 Å². The molecule has 0 spiro atoms. The van der Waals surface area contributed by atoms with Crippen LogP contribution in [0.5, 0.6) is 0 Å². The molecule has 1 aromatic carbocycles. The molecule has 32 heavy (non-hydrogen) atoms. The predicted molar refractivity (Wildman–Crippen MR) is 141 cm³/mol. The Kier molecular flexibility index (Phi) is 11.2. The Balaban J connectivity index is 1.26. The molecule has 0 N–H and O–H groups in total. The summed E-state index contributed by atoms with van der Waals surface area (Å²) < 4.78 is 1.13. The van der Waals surface area contributed by atoms with E-state index in [2.05, 4.69) is 13.0 Å². The van der Waals surface area contributed by atoms with Crippen LogP contribution in [0.15, 0.2) is 41.2 Å². The van der Waals surface area contributed by atoms with E-state index >= 15 is 0 Å². The third kappa shape index (κ3) is 8.31. The number of hydrogen-bond donors (Lipinski definition) is 0. The average molecular weight is 452 g/mol. The number of para-hydroxylation sites is 1. The van der Waals surface area contributed by atoms with Crippen molar-refractivity contribution in [3.05, 3.63) is 52.2 Å². The minimum atomic E-state index is 0.177. The first-order valence-electron chi connectivity index (χ1n) is 13.1. The van der Waals surface area contributed by atoms with Crippen molar-refractivity contribution in [3.8, 4) is 10.6 Å². The standard InChI is InChI=1S/C29H41NOS/c1-2-3-4-5-6-7-8-9-10-11-12-13-14-15-16-19-24-22-26-29(23-27(24)31)32-28-21-18-17-20-25(28)30-26/h17-18,20-23H,2-16,19H2,1H3. The SMILES string of the molecule is CCCCCCCCCCCCCCCCCc1cc2nc3ccccc3sc-2cc1=O. The first kappa shape index (κ1) is 24.9. The third-order valence-corrected chi connectivity index (χ3v) is 7.63. The van der Waals surface area contributed by atoms with Gasteiger partial charge in [-0.25, -0.2) is 4.98 Å². The second-order valence-corrected chi connectivity index (χ2v) is 10.4. The molecular formula is C29H41NOS. The molecule has 174 valence electrons. The van der Waals surface area contributed by atoms with Crippen LogP contribution in [0.4, 0.5) is 0 Å². The van der Waals surface area contributed by atoms with Crippen molar-refractivity contribution in [1.82, 2.24) is 4.98 Å². The summed E-state index contributed by atoms with van der Waals surface area (Å²) in [4.78, 5) is 18.3. The zero-order chi connectivity index (χ0) is 22.4. The zero-order valence-electron chi connectivity index (χ0n) is 20.0. The fourth-order valence-corrected chi connectivity index (χ4v) is 5.51. The number of rotatable bonds is 16. The smallest absolute Gasteiger partial charge is 0.183 e. The Morgan fingerprint density at radius 1 is 0.719 bits per heavy atom. The number of aromatic nitrogens is 1. The average Bonchev–Trinajstić information content (AvgIpc) is 2.80. The van der Waals surface area contributed by atoms with Crippen LogP contribution in [0.1, 0.15) is 109 Å². The lowest BCUT2D eigenvalue weighted by Crippen LogP contribution is -2.09. The maximum Gasteiger partial charge on any atom is 0.183 e. The van der Waals surface area contributed by atoms with Crippen LogP contribution >= 0.6 is 11.3 Å². The van der Waals surface area contributed by atoms with Crippen LogP contribution in [-0.2, 0) is 6.42 Å². The van der Waals surface area contributed by atoms with Crippen LogP contribution in [0, 0.1) is 0 Å². The van der Waals surface area contributed by atoms with Gasteiger partial charge in [0, 0.05) is 11.6 Å². The number of hydrogen-bond acceptors (Lipinski definition) is 3. The normalized spacial score (nSPS) is 11.5. The van der Waals surface area contributed by atoms with E-state index in [1.54, 1.807) is 17.4 Å². The van der Waals surface area contributed by atoms with Gasteiger partial charge in [0.25, 0.3) is 0 Å². The summed E-state index contributed by atoms with van der Waals surface area (Å²) in [6.45, 7) is 2.28. The van der Waals surface area contributed by atoms with Gasteiger partial charge in [0.2, 0.25) is 0 Å². The molecule has 2 aliphatic rings. The van der Waals surface area contributed by atoms with Gasteiger partial charge in [-0.05, 0) is 31.0 Å². The zero-order valence-corrected chi connectivity index (χ0v) is 20.9. The van der Waals surface area contributed by atoms with E-state index in [1.165, 1.54) is 89.9 Å². The number of fused-ring (bicyclic) bond motifs is 2. The van der Waals surface area contributed by atoms with Gasteiger partial charge in [0.15, 0.2) is 5.43 Å². The Morgan fingerprint density at radius 2 is 1.28 bits per heavy atom. The summed E-state index contributed by atoms with van der Waals surface area (Å²) in [5, 5.41) is 0. The quantitative estimate of drug-likeness (QED) is 0.160. The van der Waals surface area contributed by atoms with Gasteiger partial charge in [-0.2, -0.15) is 0 Å². The summed E-state index contributed by atoms with van der Waals surface area (Å²) in [6.07, 6.45) is 21.4. The molecule has 0 bridgehead atoms. The van der Waals surface area contributed by atoms with Gasteiger partial charge in [0.05, 0.1) is 20.8 Å². The van der Waals surface area contributed by atoms with Gasteiger partial charge >= 0.3 is 0 Å². The van der Waals surface area contributed by atoms with Crippen molar-refractivity contribution >= 4 is 21.6 Å². The van der Waals surface area contributed by atoms with Crippen molar-refractivity contribution in [1.29, 1.82) is 0 Å². The van der Waals surface area contributed by atoms with Crippen molar-refractivity contribution in [2.45, 2.75) is 110 Å². The maximum absolute atomic E-state index is 12.5. The molecule has 1 aromatic rings. The summed E-state index contributed by atoms with van der Waals surface area (Å²) in [6, 6.07) is 12.0. The molecule has 0 fully saturated rings. The fraction of sp³-hybridized carbons (Fsp3) is 0.586. The molecule has 0 radical (unpaired) electrons. The first-order valence-corrected chi connectivity index (χ1v) is 13.9. The van der Waals surface area contributed by atoms with Crippen molar-refractivity contribution in [2.75, 3.05) is 0 Å². The van der Waals surface area contributed by atoms with E-state index < -0.39 is 0 Å². The van der Waals surface area contributed by atoms with Crippen LogP contribution < -0.4 is 5.43 Å². The molecule has 2 nitrogen and oxygen atoms in total. The van der Waals surface area contributed by atoms with Gasteiger partial charge in [-0.3, -0.25) is 4.79 Å². The fourth-order valence-electron chi connectivity index (χ4n) is 4.53. The lowest BCUT2D eigenvalue weighted by molar-refractivity contribution is 0.532. The summed E-state index contributed by atoms with van der Waals surface area (Å²) >= 11 is 1.66. The van der Waals surface area contributed by atoms with Gasteiger partial charge in [0.1, 0.15) is 0 Å². The molecule has 1 heterocycles. The second-order valence-electron chi connectivity index (χ2n) is 9.31. The van der Waals surface area contributed by atoms with Crippen molar-refractivity contribution in [2.24, 2.45) is 0 Å². The highest BCUT2D eigenvalue weighted by Gasteiger charge is 2.11. The predicted octanol–water partition coefficient (Wildman–Crippen LogP) is 9.18. The molecule has 0 saturated carbocycles. The Labute approximate surface area is 198 Å². The van der Waals surface area contributed by atoms with E-state index in [-0.39, 0.29) is 5.43 Å².